The van der Waals surface area contributed by atoms with E-state index in [0.29, 0.717) is 11.5 Å². The third kappa shape index (κ3) is 2.38. The standard InChI is InChI=1S/C9H6ClF3N4/c10-3-8-16-15-5-17(8)6-1-2-7(14-4-6)9(11,12)13/h1-2,4-5H,3H2. The molecule has 0 N–H and O–H groups in total. The quantitative estimate of drug-likeness (QED) is 0.781. The van der Waals surface area contributed by atoms with Crippen molar-refractivity contribution in [3.05, 3.63) is 36.2 Å². The van der Waals surface area contributed by atoms with Crippen LogP contribution in [-0.2, 0) is 12.1 Å². The Balaban J connectivity index is 2.36. The maximum Gasteiger partial charge on any atom is 0.433 e. The van der Waals surface area contributed by atoms with Crippen LogP contribution in [0.25, 0.3) is 5.69 Å². The lowest BCUT2D eigenvalue weighted by Crippen LogP contribution is -2.08. The van der Waals surface area contributed by atoms with Gasteiger partial charge in [0.15, 0.2) is 5.82 Å². The molecule has 0 atom stereocenters. The molecule has 2 heterocycles. The van der Waals surface area contributed by atoms with Gasteiger partial charge in [0, 0.05) is 0 Å². The normalized spacial score (nSPS) is 11.8. The zero-order chi connectivity index (χ0) is 12.5. The first-order valence-corrected chi connectivity index (χ1v) is 5.04. The molecule has 0 bridgehead atoms. The topological polar surface area (TPSA) is 43.6 Å². The van der Waals surface area contributed by atoms with Crippen molar-refractivity contribution in [1.29, 1.82) is 0 Å². The second kappa shape index (κ2) is 4.33. The maximum atomic E-state index is 12.3. The first kappa shape index (κ1) is 11.8. The number of pyridine rings is 1. The van der Waals surface area contributed by atoms with Gasteiger partial charge in [-0.25, -0.2) is 4.98 Å². The van der Waals surface area contributed by atoms with Crippen molar-refractivity contribution in [3.8, 4) is 5.69 Å². The van der Waals surface area contributed by atoms with Gasteiger partial charge < -0.3 is 0 Å². The van der Waals surface area contributed by atoms with Crippen LogP contribution in [0.1, 0.15) is 11.5 Å². The van der Waals surface area contributed by atoms with Crippen LogP contribution in [0.5, 0.6) is 0 Å². The van der Waals surface area contributed by atoms with Gasteiger partial charge in [-0.2, -0.15) is 13.2 Å². The highest BCUT2D eigenvalue weighted by Crippen LogP contribution is 2.27. The van der Waals surface area contributed by atoms with Crippen molar-refractivity contribution in [3.63, 3.8) is 0 Å². The third-order valence-electron chi connectivity index (χ3n) is 2.05. The summed E-state index contributed by atoms with van der Waals surface area (Å²) in [7, 11) is 0. The van der Waals surface area contributed by atoms with Crippen LogP contribution in [0.4, 0.5) is 13.2 Å². The summed E-state index contributed by atoms with van der Waals surface area (Å²) >= 11 is 5.60. The first-order chi connectivity index (χ1) is 8.02. The Morgan fingerprint density at radius 2 is 2.06 bits per heavy atom. The second-order valence-electron chi connectivity index (χ2n) is 3.15. The van der Waals surface area contributed by atoms with Gasteiger partial charge in [0.2, 0.25) is 0 Å². The fraction of sp³-hybridized carbons (Fsp3) is 0.222. The minimum absolute atomic E-state index is 0.112. The highest BCUT2D eigenvalue weighted by molar-refractivity contribution is 6.16. The van der Waals surface area contributed by atoms with Crippen molar-refractivity contribution in [2.45, 2.75) is 12.1 Å². The van der Waals surface area contributed by atoms with Gasteiger partial charge >= 0.3 is 6.18 Å². The zero-order valence-corrected chi connectivity index (χ0v) is 9.07. The average Bonchev–Trinajstić information content (AvgIpc) is 2.76. The molecule has 0 aromatic carbocycles. The number of aromatic nitrogens is 4. The van der Waals surface area contributed by atoms with Gasteiger partial charge in [-0.15, -0.1) is 21.8 Å². The second-order valence-corrected chi connectivity index (χ2v) is 3.42. The van der Waals surface area contributed by atoms with Crippen molar-refractivity contribution in [1.82, 2.24) is 19.7 Å². The van der Waals surface area contributed by atoms with E-state index in [1.54, 1.807) is 0 Å². The number of hydrogen-bond donors (Lipinski definition) is 0. The molecular weight excluding hydrogens is 257 g/mol. The molecule has 0 unspecified atom stereocenters. The fourth-order valence-electron chi connectivity index (χ4n) is 1.26. The number of alkyl halides is 4. The Morgan fingerprint density at radius 3 is 2.59 bits per heavy atom. The smallest absolute Gasteiger partial charge is 0.283 e. The Kier molecular flexibility index (Phi) is 3.01. The Morgan fingerprint density at radius 1 is 1.29 bits per heavy atom. The molecule has 0 amide bonds. The monoisotopic (exact) mass is 262 g/mol. The number of nitrogens with zero attached hydrogens (tertiary/aromatic N) is 4. The maximum absolute atomic E-state index is 12.3. The van der Waals surface area contributed by atoms with E-state index >= 15 is 0 Å². The number of rotatable bonds is 2. The lowest BCUT2D eigenvalue weighted by molar-refractivity contribution is -0.141. The summed E-state index contributed by atoms with van der Waals surface area (Å²) in [6.45, 7) is 0. The third-order valence-corrected chi connectivity index (χ3v) is 2.29. The Bertz CT molecular complexity index is 506. The van der Waals surface area contributed by atoms with Crippen LogP contribution in [0.3, 0.4) is 0 Å². The van der Waals surface area contributed by atoms with E-state index in [2.05, 4.69) is 15.2 Å². The van der Waals surface area contributed by atoms with Crippen LogP contribution in [0.15, 0.2) is 24.7 Å². The van der Waals surface area contributed by atoms with E-state index < -0.39 is 11.9 Å². The summed E-state index contributed by atoms with van der Waals surface area (Å²) < 4.78 is 38.3. The summed E-state index contributed by atoms with van der Waals surface area (Å²) in [5.74, 6) is 0.550. The highest BCUT2D eigenvalue weighted by Gasteiger charge is 2.32. The molecule has 8 heteroatoms. The molecule has 2 rings (SSSR count). The van der Waals surface area contributed by atoms with Crippen LogP contribution in [-0.4, -0.2) is 19.7 Å². The molecule has 0 aliphatic heterocycles. The summed E-state index contributed by atoms with van der Waals surface area (Å²) in [5, 5.41) is 7.33. The summed E-state index contributed by atoms with van der Waals surface area (Å²) in [5.41, 5.74) is -0.514. The average molecular weight is 263 g/mol. The predicted molar refractivity (Wildman–Crippen MR) is 53.7 cm³/mol. The Labute approximate surface area is 99.1 Å². The van der Waals surface area contributed by atoms with Gasteiger partial charge in [-0.3, -0.25) is 4.57 Å². The molecule has 2 aromatic rings. The number of hydrogen-bond acceptors (Lipinski definition) is 3. The van der Waals surface area contributed by atoms with Crippen molar-refractivity contribution < 1.29 is 13.2 Å². The lowest BCUT2D eigenvalue weighted by atomic mass is 10.3. The molecule has 0 aliphatic carbocycles. The fourth-order valence-corrected chi connectivity index (χ4v) is 1.44. The van der Waals surface area contributed by atoms with Crippen LogP contribution >= 0.6 is 11.6 Å². The molecule has 0 saturated carbocycles. The first-order valence-electron chi connectivity index (χ1n) is 4.51. The van der Waals surface area contributed by atoms with Crippen LogP contribution in [0, 0.1) is 0 Å². The molecule has 0 radical (unpaired) electrons. The van der Waals surface area contributed by atoms with Crippen LogP contribution in [0.2, 0.25) is 0 Å². The summed E-state index contributed by atoms with van der Waals surface area (Å²) in [6, 6.07) is 2.18. The molecule has 2 aromatic heterocycles. The Hall–Kier alpha value is -1.63. The highest BCUT2D eigenvalue weighted by atomic mass is 35.5. The van der Waals surface area contributed by atoms with Gasteiger partial charge in [-0.05, 0) is 12.1 Å². The SMILES string of the molecule is FC(F)(F)c1ccc(-n2cnnc2CCl)cn1. The summed E-state index contributed by atoms with van der Waals surface area (Å²) in [6.07, 6.45) is -1.98. The van der Waals surface area contributed by atoms with Gasteiger partial charge in [0.1, 0.15) is 12.0 Å². The van der Waals surface area contributed by atoms with E-state index in [1.165, 1.54) is 17.0 Å². The molecule has 90 valence electrons. The molecule has 17 heavy (non-hydrogen) atoms. The van der Waals surface area contributed by atoms with Crippen molar-refractivity contribution >= 4 is 11.6 Å². The molecule has 0 aliphatic rings. The zero-order valence-electron chi connectivity index (χ0n) is 8.32. The molecule has 0 saturated heterocycles. The molecule has 4 nitrogen and oxygen atoms in total. The molecule has 0 spiro atoms. The van der Waals surface area contributed by atoms with Crippen molar-refractivity contribution in [2.24, 2.45) is 0 Å². The van der Waals surface area contributed by atoms with E-state index in [1.807, 2.05) is 0 Å². The summed E-state index contributed by atoms with van der Waals surface area (Å²) in [4.78, 5) is 3.34. The lowest BCUT2D eigenvalue weighted by Gasteiger charge is -2.07. The number of halogens is 4. The van der Waals surface area contributed by atoms with Gasteiger partial charge in [0.05, 0.1) is 17.8 Å². The van der Waals surface area contributed by atoms with E-state index in [-0.39, 0.29) is 5.88 Å². The van der Waals surface area contributed by atoms with Gasteiger partial charge in [-0.1, -0.05) is 0 Å². The van der Waals surface area contributed by atoms with E-state index in [9.17, 15) is 13.2 Å². The van der Waals surface area contributed by atoms with E-state index in [0.717, 1.165) is 12.3 Å². The van der Waals surface area contributed by atoms with Crippen LogP contribution < -0.4 is 0 Å². The largest absolute Gasteiger partial charge is 0.433 e. The van der Waals surface area contributed by atoms with Crippen molar-refractivity contribution in [2.75, 3.05) is 0 Å². The minimum Gasteiger partial charge on any atom is -0.283 e. The predicted octanol–water partition coefficient (Wildman–Crippen LogP) is 2.42. The van der Waals surface area contributed by atoms with Gasteiger partial charge in [0.25, 0.3) is 0 Å². The molecule has 0 fully saturated rings. The molecular formula is C9H6ClF3N4. The minimum atomic E-state index is -4.44. The van der Waals surface area contributed by atoms with E-state index in [4.69, 9.17) is 11.6 Å².